The summed E-state index contributed by atoms with van der Waals surface area (Å²) >= 11 is 0. The van der Waals surface area contributed by atoms with Crippen LogP contribution in [0.1, 0.15) is 24.2 Å². The van der Waals surface area contributed by atoms with Gasteiger partial charge in [0, 0.05) is 17.8 Å². The molecular weight excluding hydrogens is 318 g/mol. The molecule has 1 atom stereocenters. The zero-order valence-corrected chi connectivity index (χ0v) is 13.2. The number of benzene rings is 1. The van der Waals surface area contributed by atoms with Gasteiger partial charge < -0.3 is 15.4 Å². The normalized spacial score (nSPS) is 11.8. The monoisotopic (exact) mass is 333 g/mol. The van der Waals surface area contributed by atoms with E-state index in [2.05, 4.69) is 10.4 Å². The van der Waals surface area contributed by atoms with Gasteiger partial charge in [-0.3, -0.25) is 14.9 Å². The number of nitro groups is 2. The molecule has 2 aromatic rings. The van der Waals surface area contributed by atoms with Crippen molar-refractivity contribution in [1.29, 1.82) is 0 Å². The maximum atomic E-state index is 12.3. The number of aryl methyl sites for hydroxylation is 2. The molecule has 2 rings (SSSR count). The molecule has 1 amide bonds. The lowest BCUT2D eigenvalue weighted by atomic mass is 10.1. The zero-order chi connectivity index (χ0) is 18.0. The molecule has 1 aromatic carbocycles. The van der Waals surface area contributed by atoms with Crippen molar-refractivity contribution in [3.8, 4) is 0 Å². The molecule has 0 radical (unpaired) electrons. The highest BCUT2D eigenvalue weighted by molar-refractivity contribution is 5.94. The van der Waals surface area contributed by atoms with Gasteiger partial charge in [0.25, 0.3) is 11.6 Å². The SMILES string of the molecule is Cc1cc([N+](=O)[O-])ccc1NC(=O)C(C)n1nc([N+](=O)[O-])cc1C. The number of nitro benzene ring substituents is 1. The lowest BCUT2D eigenvalue weighted by molar-refractivity contribution is -0.389. The van der Waals surface area contributed by atoms with E-state index in [0.29, 0.717) is 16.9 Å². The Balaban J connectivity index is 2.20. The van der Waals surface area contributed by atoms with E-state index in [1.807, 2.05) is 0 Å². The van der Waals surface area contributed by atoms with Gasteiger partial charge in [0.1, 0.15) is 6.04 Å². The maximum absolute atomic E-state index is 12.3. The largest absolute Gasteiger partial charge is 0.390 e. The van der Waals surface area contributed by atoms with Crippen LogP contribution in [-0.4, -0.2) is 25.5 Å². The Morgan fingerprint density at radius 3 is 2.38 bits per heavy atom. The Kier molecular flexibility index (Phi) is 4.58. The van der Waals surface area contributed by atoms with Gasteiger partial charge in [-0.2, -0.15) is 4.68 Å². The Bertz CT molecular complexity index is 829. The van der Waals surface area contributed by atoms with Crippen LogP contribution in [0.2, 0.25) is 0 Å². The van der Waals surface area contributed by atoms with Crippen molar-refractivity contribution in [1.82, 2.24) is 9.78 Å². The van der Waals surface area contributed by atoms with Crippen LogP contribution in [0.15, 0.2) is 24.3 Å². The molecule has 0 saturated carbocycles. The van der Waals surface area contributed by atoms with E-state index in [4.69, 9.17) is 0 Å². The number of non-ortho nitro benzene ring substituents is 1. The summed E-state index contributed by atoms with van der Waals surface area (Å²) in [7, 11) is 0. The molecule has 0 spiro atoms. The first-order valence-electron chi connectivity index (χ1n) is 6.97. The lowest BCUT2D eigenvalue weighted by Gasteiger charge is -2.13. The quantitative estimate of drug-likeness (QED) is 0.660. The second-order valence-corrected chi connectivity index (χ2v) is 5.27. The fourth-order valence-electron chi connectivity index (χ4n) is 2.20. The number of carbonyl (C=O) groups is 1. The number of carbonyl (C=O) groups excluding carboxylic acids is 1. The number of anilines is 1. The minimum absolute atomic E-state index is 0.0721. The van der Waals surface area contributed by atoms with Crippen molar-refractivity contribution in [2.75, 3.05) is 5.32 Å². The van der Waals surface area contributed by atoms with Crippen molar-refractivity contribution in [3.63, 3.8) is 0 Å². The standard InChI is InChI=1S/C14H15N5O5/c1-8-6-11(18(21)22)4-5-12(8)15-14(20)10(3)17-9(2)7-13(16-17)19(23)24/h4-7,10H,1-3H3,(H,15,20). The highest BCUT2D eigenvalue weighted by Crippen LogP contribution is 2.23. The Morgan fingerprint density at radius 2 is 1.88 bits per heavy atom. The van der Waals surface area contributed by atoms with E-state index in [0.717, 1.165) is 0 Å². The van der Waals surface area contributed by atoms with Gasteiger partial charge in [0.2, 0.25) is 0 Å². The molecule has 0 aliphatic heterocycles. The summed E-state index contributed by atoms with van der Waals surface area (Å²) in [5.41, 5.74) is 1.37. The summed E-state index contributed by atoms with van der Waals surface area (Å²) < 4.78 is 1.26. The summed E-state index contributed by atoms with van der Waals surface area (Å²) in [5.74, 6) is -0.772. The predicted octanol–water partition coefficient (Wildman–Crippen LogP) is 2.52. The van der Waals surface area contributed by atoms with Gasteiger partial charge in [-0.15, -0.1) is 0 Å². The van der Waals surface area contributed by atoms with Crippen LogP contribution in [0.3, 0.4) is 0 Å². The van der Waals surface area contributed by atoms with Crippen molar-refractivity contribution in [2.24, 2.45) is 0 Å². The molecule has 1 unspecified atom stereocenters. The number of hydrogen-bond donors (Lipinski definition) is 1. The molecule has 1 N–H and O–H groups in total. The average molecular weight is 333 g/mol. The first-order chi connectivity index (χ1) is 11.2. The molecule has 0 aliphatic rings. The summed E-state index contributed by atoms with van der Waals surface area (Å²) in [6.45, 7) is 4.80. The molecule has 0 bridgehead atoms. The Hall–Kier alpha value is -3.30. The van der Waals surface area contributed by atoms with E-state index in [1.165, 1.54) is 28.9 Å². The molecule has 24 heavy (non-hydrogen) atoms. The van der Waals surface area contributed by atoms with E-state index in [1.54, 1.807) is 20.8 Å². The first kappa shape index (κ1) is 17.1. The maximum Gasteiger partial charge on any atom is 0.390 e. The molecule has 1 heterocycles. The van der Waals surface area contributed by atoms with Crippen LogP contribution in [0.25, 0.3) is 0 Å². The third-order valence-corrected chi connectivity index (χ3v) is 3.52. The summed E-state index contributed by atoms with van der Waals surface area (Å²) in [4.78, 5) is 32.7. The van der Waals surface area contributed by atoms with E-state index in [-0.39, 0.29) is 11.5 Å². The fraction of sp³-hybridized carbons (Fsp3) is 0.286. The molecule has 0 saturated heterocycles. The number of aromatic nitrogens is 2. The smallest absolute Gasteiger partial charge is 0.358 e. The average Bonchev–Trinajstić information content (AvgIpc) is 2.90. The van der Waals surface area contributed by atoms with E-state index >= 15 is 0 Å². The minimum atomic E-state index is -0.784. The van der Waals surface area contributed by atoms with Crippen molar-refractivity contribution in [2.45, 2.75) is 26.8 Å². The second kappa shape index (κ2) is 6.44. The third-order valence-electron chi connectivity index (χ3n) is 3.52. The minimum Gasteiger partial charge on any atom is -0.358 e. The van der Waals surface area contributed by atoms with Crippen LogP contribution >= 0.6 is 0 Å². The van der Waals surface area contributed by atoms with Crippen molar-refractivity contribution < 1.29 is 14.6 Å². The van der Waals surface area contributed by atoms with Gasteiger partial charge in [0.15, 0.2) is 0 Å². The highest BCUT2D eigenvalue weighted by atomic mass is 16.6. The molecular formula is C14H15N5O5. The summed E-state index contributed by atoms with van der Waals surface area (Å²) in [6.07, 6.45) is 0. The van der Waals surface area contributed by atoms with Gasteiger partial charge in [-0.05, 0) is 37.3 Å². The van der Waals surface area contributed by atoms with Gasteiger partial charge >= 0.3 is 5.82 Å². The summed E-state index contributed by atoms with van der Waals surface area (Å²) in [5, 5.41) is 27.9. The molecule has 1 aromatic heterocycles. The molecule has 126 valence electrons. The molecule has 10 heteroatoms. The van der Waals surface area contributed by atoms with Gasteiger partial charge in [-0.25, -0.2) is 0 Å². The third kappa shape index (κ3) is 3.37. The van der Waals surface area contributed by atoms with Gasteiger partial charge in [0.05, 0.1) is 21.8 Å². The zero-order valence-electron chi connectivity index (χ0n) is 13.2. The lowest BCUT2D eigenvalue weighted by Crippen LogP contribution is -2.25. The van der Waals surface area contributed by atoms with Crippen molar-refractivity contribution in [3.05, 3.63) is 55.8 Å². The fourth-order valence-corrected chi connectivity index (χ4v) is 2.20. The molecule has 0 aliphatic carbocycles. The number of nitrogens with zero attached hydrogens (tertiary/aromatic N) is 4. The van der Waals surface area contributed by atoms with E-state index in [9.17, 15) is 25.0 Å². The molecule has 10 nitrogen and oxygen atoms in total. The number of amides is 1. The summed E-state index contributed by atoms with van der Waals surface area (Å²) in [6, 6.07) is 4.58. The Morgan fingerprint density at radius 1 is 1.21 bits per heavy atom. The van der Waals surface area contributed by atoms with Crippen LogP contribution in [0.4, 0.5) is 17.2 Å². The number of rotatable bonds is 5. The number of nitrogens with one attached hydrogen (secondary N) is 1. The number of hydrogen-bond acceptors (Lipinski definition) is 6. The highest BCUT2D eigenvalue weighted by Gasteiger charge is 2.25. The van der Waals surface area contributed by atoms with Gasteiger partial charge in [-0.1, -0.05) is 0 Å². The van der Waals surface area contributed by atoms with Crippen LogP contribution < -0.4 is 5.32 Å². The van der Waals surface area contributed by atoms with E-state index < -0.39 is 21.8 Å². The Labute approximate surface area is 136 Å². The first-order valence-corrected chi connectivity index (χ1v) is 6.97. The second-order valence-electron chi connectivity index (χ2n) is 5.27. The predicted molar refractivity (Wildman–Crippen MR) is 84.8 cm³/mol. The molecule has 0 fully saturated rings. The van der Waals surface area contributed by atoms with Crippen molar-refractivity contribution >= 4 is 23.1 Å². The topological polar surface area (TPSA) is 133 Å². The van der Waals surface area contributed by atoms with Crippen LogP contribution in [0, 0.1) is 34.1 Å². The van der Waals surface area contributed by atoms with Crippen LogP contribution in [-0.2, 0) is 4.79 Å². The van der Waals surface area contributed by atoms with Crippen LogP contribution in [0.5, 0.6) is 0 Å².